The first-order valence-electron chi connectivity index (χ1n) is 14.8. The normalized spacial score (nSPS) is 16.9. The lowest BCUT2D eigenvalue weighted by atomic mass is 9.94. The molecule has 3 aliphatic rings. The maximum Gasteiger partial charge on any atom is 0.271 e. The van der Waals surface area contributed by atoms with Gasteiger partial charge in [0.25, 0.3) is 21.5 Å². The summed E-state index contributed by atoms with van der Waals surface area (Å²) in [7, 11) is -4.22. The molecule has 2 fully saturated rings. The van der Waals surface area contributed by atoms with Crippen LogP contribution in [0.25, 0.3) is 11.4 Å². The Bertz CT molecular complexity index is 1910. The Hall–Kier alpha value is -4.57. The highest BCUT2D eigenvalue weighted by atomic mass is 32.2. The molecule has 9 nitrogen and oxygen atoms in total. The Morgan fingerprint density at radius 1 is 0.884 bits per heavy atom. The highest BCUT2D eigenvalue weighted by Crippen LogP contribution is 2.51. The van der Waals surface area contributed by atoms with Gasteiger partial charge in [0.05, 0.1) is 33.7 Å². The zero-order chi connectivity index (χ0) is 29.7. The summed E-state index contributed by atoms with van der Waals surface area (Å²) >= 11 is 0. The molecule has 7 rings (SSSR count). The SMILES string of the molecule is Cc1cc(=O)n(-c2cccc(S(=O)(=O)NC(=O)c3ccc4c(c3)C(=C3CC3)N(c3ccccc3)N4C3CCCCC3)c2)[nH]1. The maximum absolute atomic E-state index is 13.5. The highest BCUT2D eigenvalue weighted by molar-refractivity contribution is 7.90. The molecule has 0 bridgehead atoms. The van der Waals surface area contributed by atoms with Gasteiger partial charge in [-0.15, -0.1) is 0 Å². The zero-order valence-corrected chi connectivity index (χ0v) is 24.7. The largest absolute Gasteiger partial charge is 0.295 e. The summed E-state index contributed by atoms with van der Waals surface area (Å²) in [6, 6.07) is 23.5. The molecular formula is C33H33N5O4S. The molecule has 10 heteroatoms. The van der Waals surface area contributed by atoms with E-state index in [9.17, 15) is 18.0 Å². The van der Waals surface area contributed by atoms with Gasteiger partial charge in [0.15, 0.2) is 0 Å². The number of hydrazine groups is 1. The number of amides is 1. The van der Waals surface area contributed by atoms with Crippen molar-refractivity contribution in [3.8, 4) is 5.69 Å². The molecule has 43 heavy (non-hydrogen) atoms. The summed E-state index contributed by atoms with van der Waals surface area (Å²) < 4.78 is 30.2. The van der Waals surface area contributed by atoms with Crippen molar-refractivity contribution in [2.45, 2.75) is 62.8 Å². The number of aromatic amines is 1. The molecule has 0 atom stereocenters. The number of para-hydroxylation sites is 1. The fourth-order valence-corrected chi connectivity index (χ4v) is 7.29. The third-order valence-electron chi connectivity index (χ3n) is 8.41. The van der Waals surface area contributed by atoms with E-state index in [4.69, 9.17) is 0 Å². The predicted molar refractivity (Wildman–Crippen MR) is 167 cm³/mol. The summed E-state index contributed by atoms with van der Waals surface area (Å²) in [5.74, 6) is -0.705. The number of aryl methyl sites for hydroxylation is 1. The molecule has 1 aliphatic heterocycles. The number of fused-ring (bicyclic) bond motifs is 1. The van der Waals surface area contributed by atoms with Crippen molar-refractivity contribution in [2.24, 2.45) is 0 Å². The van der Waals surface area contributed by atoms with Gasteiger partial charge in [-0.05, 0) is 86.7 Å². The van der Waals surface area contributed by atoms with Gasteiger partial charge in [0.1, 0.15) is 0 Å². The van der Waals surface area contributed by atoms with Crippen molar-refractivity contribution in [2.75, 3.05) is 10.0 Å². The minimum atomic E-state index is -4.22. The van der Waals surface area contributed by atoms with Gasteiger partial charge in [-0.1, -0.05) is 43.5 Å². The van der Waals surface area contributed by atoms with Gasteiger partial charge >= 0.3 is 0 Å². The van der Waals surface area contributed by atoms with Gasteiger partial charge in [0.2, 0.25) is 0 Å². The molecular weight excluding hydrogens is 562 g/mol. The quantitative estimate of drug-likeness (QED) is 0.297. The van der Waals surface area contributed by atoms with E-state index in [1.54, 1.807) is 25.1 Å². The molecule has 0 unspecified atom stereocenters. The van der Waals surface area contributed by atoms with E-state index < -0.39 is 15.9 Å². The number of aromatic nitrogens is 2. The Kier molecular flexibility index (Phi) is 6.73. The van der Waals surface area contributed by atoms with Crippen LogP contribution in [0, 0.1) is 6.92 Å². The van der Waals surface area contributed by atoms with Gasteiger partial charge in [-0.3, -0.25) is 24.7 Å². The zero-order valence-electron chi connectivity index (χ0n) is 23.9. The number of H-pyrrole nitrogens is 1. The molecule has 0 spiro atoms. The Labute approximate surface area is 250 Å². The lowest BCUT2D eigenvalue weighted by Crippen LogP contribution is -2.46. The molecule has 2 aliphatic carbocycles. The molecule has 1 aromatic heterocycles. The number of nitrogens with one attached hydrogen (secondary N) is 2. The smallest absolute Gasteiger partial charge is 0.271 e. The summed E-state index contributed by atoms with van der Waals surface area (Å²) in [6.07, 6.45) is 7.81. The van der Waals surface area contributed by atoms with Crippen LogP contribution in [0.1, 0.15) is 66.6 Å². The fraction of sp³-hybridized carbons (Fsp3) is 0.273. The van der Waals surface area contributed by atoms with E-state index in [-0.39, 0.29) is 16.0 Å². The van der Waals surface area contributed by atoms with E-state index in [2.05, 4.69) is 32.0 Å². The molecule has 3 aromatic carbocycles. The van der Waals surface area contributed by atoms with E-state index in [0.29, 0.717) is 17.4 Å². The van der Waals surface area contributed by atoms with Gasteiger partial charge in [0, 0.05) is 22.9 Å². The van der Waals surface area contributed by atoms with Crippen molar-refractivity contribution < 1.29 is 13.2 Å². The average Bonchev–Trinajstić information content (AvgIpc) is 3.72. The maximum atomic E-state index is 13.5. The second kappa shape index (κ2) is 10.6. The van der Waals surface area contributed by atoms with E-state index >= 15 is 0 Å². The number of hydrogen-bond donors (Lipinski definition) is 2. The van der Waals surface area contributed by atoms with Crippen LogP contribution in [0.3, 0.4) is 0 Å². The van der Waals surface area contributed by atoms with E-state index in [1.165, 1.54) is 47.7 Å². The average molecular weight is 596 g/mol. The lowest BCUT2D eigenvalue weighted by molar-refractivity contribution is 0.0981. The van der Waals surface area contributed by atoms with Gasteiger partial charge in [-0.2, -0.15) is 0 Å². The molecule has 220 valence electrons. The third-order valence-corrected chi connectivity index (χ3v) is 9.73. The van der Waals surface area contributed by atoms with Crippen LogP contribution in [0.15, 0.2) is 94.1 Å². The number of allylic oxidation sites excluding steroid dienone is 1. The number of sulfonamides is 1. The number of anilines is 2. The standard InChI is InChI=1S/C33H33N5O4S/c1-22-19-31(39)36(34-22)27-13-8-14-28(21-27)43(41,42)35-33(40)24-17-18-30-29(20-24)32(23-15-16-23)38(26-11-6-3-7-12-26)37(30)25-9-4-2-5-10-25/h3,6-8,11-14,17-21,25,34H,2,4-5,9-10,15-16H2,1H3,(H,35,40). The van der Waals surface area contributed by atoms with E-state index in [0.717, 1.165) is 48.3 Å². The number of nitrogens with zero attached hydrogens (tertiary/aromatic N) is 3. The first-order chi connectivity index (χ1) is 20.8. The number of carbonyl (C=O) groups is 1. The molecule has 2 N–H and O–H groups in total. The van der Waals surface area contributed by atoms with Gasteiger partial charge < -0.3 is 0 Å². The summed E-state index contributed by atoms with van der Waals surface area (Å²) in [5, 5.41) is 7.62. The number of carbonyl (C=O) groups excluding carboxylic acids is 1. The molecule has 2 heterocycles. The first kappa shape index (κ1) is 27.3. The fourth-order valence-electron chi connectivity index (χ4n) is 6.28. The summed E-state index contributed by atoms with van der Waals surface area (Å²) in [6.45, 7) is 1.74. The Morgan fingerprint density at radius 2 is 1.63 bits per heavy atom. The van der Waals surface area contributed by atoms with E-state index in [1.807, 2.05) is 30.3 Å². The lowest BCUT2D eigenvalue weighted by Gasteiger charge is -2.40. The molecule has 2 saturated carbocycles. The van der Waals surface area contributed by atoms with Crippen molar-refractivity contribution in [1.82, 2.24) is 14.5 Å². The predicted octanol–water partition coefficient (Wildman–Crippen LogP) is 5.67. The first-order valence-corrected chi connectivity index (χ1v) is 16.3. The number of benzene rings is 3. The number of hydrogen-bond acceptors (Lipinski definition) is 6. The highest BCUT2D eigenvalue weighted by Gasteiger charge is 2.41. The molecule has 1 amide bonds. The van der Waals surface area contributed by atoms with Crippen LogP contribution in [-0.4, -0.2) is 30.1 Å². The van der Waals surface area contributed by atoms with Gasteiger partial charge in [-0.25, -0.2) is 17.8 Å². The molecule has 0 radical (unpaired) electrons. The van der Waals surface area contributed by atoms with Crippen molar-refractivity contribution in [3.63, 3.8) is 0 Å². The minimum Gasteiger partial charge on any atom is -0.295 e. The van der Waals surface area contributed by atoms with Crippen LogP contribution in [0.5, 0.6) is 0 Å². The molecule has 4 aromatic rings. The molecule has 0 saturated heterocycles. The van der Waals surface area contributed by atoms with Crippen molar-refractivity contribution in [1.29, 1.82) is 0 Å². The number of rotatable bonds is 6. The third kappa shape index (κ3) is 5.05. The van der Waals surface area contributed by atoms with Crippen LogP contribution >= 0.6 is 0 Å². The minimum absolute atomic E-state index is 0.113. The second-order valence-electron chi connectivity index (χ2n) is 11.5. The van der Waals surface area contributed by atoms with Crippen molar-refractivity contribution in [3.05, 3.63) is 112 Å². The van der Waals surface area contributed by atoms with Crippen molar-refractivity contribution >= 4 is 33.0 Å². The van der Waals surface area contributed by atoms with Crippen LogP contribution in [-0.2, 0) is 10.0 Å². The topological polar surface area (TPSA) is 108 Å². The Balaban J connectivity index is 1.23. The Morgan fingerprint density at radius 3 is 2.33 bits per heavy atom. The second-order valence-corrected chi connectivity index (χ2v) is 13.2. The van der Waals surface area contributed by atoms with Crippen LogP contribution in [0.2, 0.25) is 0 Å². The monoisotopic (exact) mass is 595 g/mol. The summed E-state index contributed by atoms with van der Waals surface area (Å²) in [5.41, 5.74) is 6.48. The van der Waals surface area contributed by atoms with Crippen LogP contribution in [0.4, 0.5) is 11.4 Å². The summed E-state index contributed by atoms with van der Waals surface area (Å²) in [4.78, 5) is 25.6. The van der Waals surface area contributed by atoms with Crippen LogP contribution < -0.4 is 20.3 Å².